The van der Waals surface area contributed by atoms with Crippen LogP contribution in [0.2, 0.25) is 15.1 Å². The van der Waals surface area contributed by atoms with Crippen LogP contribution in [0, 0.1) is 0 Å². The summed E-state index contributed by atoms with van der Waals surface area (Å²) in [5.74, 6) is 0.799. The van der Waals surface area contributed by atoms with Gasteiger partial charge in [0.15, 0.2) is 0 Å². The predicted molar refractivity (Wildman–Crippen MR) is 104 cm³/mol. The van der Waals surface area contributed by atoms with Crippen LogP contribution in [0.1, 0.15) is 23.6 Å². The molecule has 0 unspecified atom stereocenters. The third-order valence-electron chi connectivity index (χ3n) is 4.26. The highest BCUT2D eigenvalue weighted by atomic mass is 35.5. The van der Waals surface area contributed by atoms with Gasteiger partial charge in [0.25, 0.3) is 0 Å². The Balaban J connectivity index is 1.69. The molecule has 1 N–H and O–H groups in total. The maximum atomic E-state index is 12.1. The third kappa shape index (κ3) is 3.60. The minimum absolute atomic E-state index is 0.152. The van der Waals surface area contributed by atoms with E-state index in [1.165, 1.54) is 6.33 Å². The van der Waals surface area contributed by atoms with E-state index in [1.54, 1.807) is 41.1 Å². The average molecular weight is 424 g/mol. The van der Waals surface area contributed by atoms with Gasteiger partial charge >= 0.3 is 0 Å². The largest absolute Gasteiger partial charge is 0.488 e. The van der Waals surface area contributed by atoms with E-state index in [2.05, 4.69) is 15.4 Å². The lowest BCUT2D eigenvalue weighted by molar-refractivity contribution is -0.117. The number of benzene rings is 2. The maximum Gasteiger partial charge on any atom is 0.229 e. The standard InChI is InChI=1S/C18H13Cl3N4O2/c19-10-4-5-16(27-8-12-13(20)2-1-3-14(12)21)11(6-10)15-7-17(26)24-18-22-9-23-25(15)18/h1-6,9,15H,7-8H2,(H,22,23,24,26)/t15-/m1/s1. The molecule has 0 bridgehead atoms. The van der Waals surface area contributed by atoms with Gasteiger partial charge in [0.1, 0.15) is 18.7 Å². The predicted octanol–water partition coefficient (Wildman–Crippen LogP) is 4.75. The summed E-state index contributed by atoms with van der Waals surface area (Å²) >= 11 is 18.6. The zero-order chi connectivity index (χ0) is 19.0. The highest BCUT2D eigenvalue weighted by Crippen LogP contribution is 2.36. The molecule has 9 heteroatoms. The molecule has 1 aliphatic rings. The van der Waals surface area contributed by atoms with Crippen LogP contribution in [0.25, 0.3) is 0 Å². The maximum absolute atomic E-state index is 12.1. The fraction of sp³-hybridized carbons (Fsp3) is 0.167. The Bertz CT molecular complexity index is 1000. The summed E-state index contributed by atoms with van der Waals surface area (Å²) in [6, 6.07) is 10.1. The Kier molecular flexibility index (Phi) is 4.95. The van der Waals surface area contributed by atoms with Crippen LogP contribution in [-0.4, -0.2) is 20.7 Å². The highest BCUT2D eigenvalue weighted by molar-refractivity contribution is 6.36. The van der Waals surface area contributed by atoms with Crippen molar-refractivity contribution in [2.45, 2.75) is 19.1 Å². The molecule has 3 aromatic rings. The fourth-order valence-electron chi connectivity index (χ4n) is 2.98. The number of hydrogen-bond acceptors (Lipinski definition) is 4. The van der Waals surface area contributed by atoms with Crippen molar-refractivity contribution >= 4 is 46.7 Å². The molecule has 1 aliphatic heterocycles. The lowest BCUT2D eigenvalue weighted by atomic mass is 10.0. The number of nitrogens with one attached hydrogen (secondary N) is 1. The van der Waals surface area contributed by atoms with E-state index in [4.69, 9.17) is 39.5 Å². The van der Waals surface area contributed by atoms with Crippen molar-refractivity contribution in [1.82, 2.24) is 14.8 Å². The van der Waals surface area contributed by atoms with Gasteiger partial charge in [-0.15, -0.1) is 0 Å². The molecular formula is C18H13Cl3N4O2. The van der Waals surface area contributed by atoms with E-state index in [-0.39, 0.29) is 25.0 Å². The molecule has 1 amide bonds. The second kappa shape index (κ2) is 7.38. The van der Waals surface area contributed by atoms with Gasteiger partial charge in [0.05, 0.1) is 12.5 Å². The van der Waals surface area contributed by atoms with Gasteiger partial charge in [-0.3, -0.25) is 10.1 Å². The van der Waals surface area contributed by atoms with Crippen molar-refractivity contribution in [2.24, 2.45) is 0 Å². The summed E-state index contributed by atoms with van der Waals surface area (Å²) in [5, 5.41) is 8.48. The minimum atomic E-state index is -0.383. The topological polar surface area (TPSA) is 69.0 Å². The summed E-state index contributed by atoms with van der Waals surface area (Å²) in [4.78, 5) is 16.1. The Labute approximate surface area is 170 Å². The average Bonchev–Trinajstić information content (AvgIpc) is 3.10. The van der Waals surface area contributed by atoms with Crippen LogP contribution in [0.4, 0.5) is 5.95 Å². The molecule has 0 radical (unpaired) electrons. The molecule has 2 heterocycles. The molecule has 0 aliphatic carbocycles. The highest BCUT2D eigenvalue weighted by Gasteiger charge is 2.30. The van der Waals surface area contributed by atoms with E-state index in [1.807, 2.05) is 0 Å². The monoisotopic (exact) mass is 422 g/mol. The van der Waals surface area contributed by atoms with Crippen LogP contribution in [0.5, 0.6) is 5.75 Å². The smallest absolute Gasteiger partial charge is 0.229 e. The van der Waals surface area contributed by atoms with Crippen LogP contribution >= 0.6 is 34.8 Å². The first-order valence-electron chi connectivity index (χ1n) is 8.07. The van der Waals surface area contributed by atoms with Gasteiger partial charge in [0.2, 0.25) is 11.9 Å². The number of hydrogen-bond donors (Lipinski definition) is 1. The quantitative estimate of drug-likeness (QED) is 0.657. The molecule has 0 saturated heterocycles. The molecule has 0 spiro atoms. The Morgan fingerprint density at radius 2 is 1.96 bits per heavy atom. The molecule has 6 nitrogen and oxygen atoms in total. The first kappa shape index (κ1) is 18.1. The first-order chi connectivity index (χ1) is 13.0. The fourth-order valence-corrected chi connectivity index (χ4v) is 3.67. The lowest BCUT2D eigenvalue weighted by Gasteiger charge is -2.25. The van der Waals surface area contributed by atoms with Crippen molar-refractivity contribution in [2.75, 3.05) is 5.32 Å². The second-order valence-corrected chi connectivity index (χ2v) is 7.22. The molecule has 2 aromatic carbocycles. The van der Waals surface area contributed by atoms with Gasteiger partial charge in [0, 0.05) is 26.2 Å². The number of halogens is 3. The molecule has 1 aromatic heterocycles. The van der Waals surface area contributed by atoms with Gasteiger partial charge in [-0.1, -0.05) is 40.9 Å². The van der Waals surface area contributed by atoms with E-state index in [9.17, 15) is 4.79 Å². The van der Waals surface area contributed by atoms with Gasteiger partial charge in [-0.2, -0.15) is 10.1 Å². The number of rotatable bonds is 4. The molecule has 138 valence electrons. The lowest BCUT2D eigenvalue weighted by Crippen LogP contribution is -2.29. The SMILES string of the molecule is O=C1C[C@H](c2cc(Cl)ccc2OCc2c(Cl)cccc2Cl)n2ncnc2N1. The number of amides is 1. The van der Waals surface area contributed by atoms with Crippen LogP contribution in [0.3, 0.4) is 0 Å². The van der Waals surface area contributed by atoms with E-state index in [0.717, 1.165) is 5.56 Å². The number of anilines is 1. The normalized spacial score (nSPS) is 16.0. The molecule has 27 heavy (non-hydrogen) atoms. The molecule has 1 atom stereocenters. The van der Waals surface area contributed by atoms with Gasteiger partial charge in [-0.25, -0.2) is 4.68 Å². The summed E-state index contributed by atoms with van der Waals surface area (Å²) in [5.41, 5.74) is 1.41. The van der Waals surface area contributed by atoms with E-state index in [0.29, 0.717) is 32.3 Å². The first-order valence-corrected chi connectivity index (χ1v) is 9.21. The summed E-state index contributed by atoms with van der Waals surface area (Å²) < 4.78 is 7.64. The van der Waals surface area contributed by atoms with E-state index < -0.39 is 0 Å². The number of ether oxygens (including phenoxy) is 1. The number of aromatic nitrogens is 3. The van der Waals surface area contributed by atoms with Crippen molar-refractivity contribution in [3.05, 3.63) is 68.9 Å². The summed E-state index contributed by atoms with van der Waals surface area (Å²) in [7, 11) is 0. The molecular weight excluding hydrogens is 411 g/mol. The zero-order valence-corrected chi connectivity index (χ0v) is 16.1. The van der Waals surface area contributed by atoms with Crippen LogP contribution in [-0.2, 0) is 11.4 Å². The van der Waals surface area contributed by atoms with E-state index >= 15 is 0 Å². The Hall–Kier alpha value is -2.28. The zero-order valence-electron chi connectivity index (χ0n) is 13.8. The van der Waals surface area contributed by atoms with Crippen molar-refractivity contribution in [1.29, 1.82) is 0 Å². The third-order valence-corrected chi connectivity index (χ3v) is 5.21. The minimum Gasteiger partial charge on any atom is -0.488 e. The molecule has 0 fully saturated rings. The Morgan fingerprint density at radius 1 is 1.19 bits per heavy atom. The Morgan fingerprint density at radius 3 is 2.74 bits per heavy atom. The van der Waals surface area contributed by atoms with Gasteiger partial charge < -0.3 is 4.74 Å². The number of nitrogens with zero attached hydrogens (tertiary/aromatic N) is 3. The van der Waals surface area contributed by atoms with Crippen molar-refractivity contribution < 1.29 is 9.53 Å². The summed E-state index contributed by atoms with van der Waals surface area (Å²) in [6.45, 7) is 0.177. The van der Waals surface area contributed by atoms with Crippen LogP contribution < -0.4 is 10.1 Å². The number of fused-ring (bicyclic) bond motifs is 1. The van der Waals surface area contributed by atoms with Crippen molar-refractivity contribution in [3.8, 4) is 5.75 Å². The van der Waals surface area contributed by atoms with Crippen molar-refractivity contribution in [3.63, 3.8) is 0 Å². The molecule has 0 saturated carbocycles. The van der Waals surface area contributed by atoms with Crippen LogP contribution in [0.15, 0.2) is 42.7 Å². The number of carbonyl (C=O) groups excluding carboxylic acids is 1. The molecule has 4 rings (SSSR count). The number of carbonyl (C=O) groups is 1. The summed E-state index contributed by atoms with van der Waals surface area (Å²) in [6.07, 6.45) is 1.59. The second-order valence-electron chi connectivity index (χ2n) is 5.97. The van der Waals surface area contributed by atoms with Gasteiger partial charge in [-0.05, 0) is 30.3 Å².